The van der Waals surface area contributed by atoms with Gasteiger partial charge in [-0.3, -0.25) is 9.59 Å². The number of hydrogen-bond acceptors (Lipinski definition) is 4. The third-order valence-corrected chi connectivity index (χ3v) is 5.68. The van der Waals surface area contributed by atoms with Crippen LogP contribution in [0.2, 0.25) is 0 Å². The number of nitrogens with zero attached hydrogens (tertiary/aromatic N) is 1. The van der Waals surface area contributed by atoms with Crippen LogP contribution in [-0.4, -0.2) is 21.7 Å². The number of benzene rings is 3. The molecule has 0 unspecified atom stereocenters. The summed E-state index contributed by atoms with van der Waals surface area (Å²) in [6.45, 7) is 8.99. The third-order valence-electron chi connectivity index (χ3n) is 5.68. The fraction of sp³-hybridized carbons (Fsp3) is 0.167. The molecule has 1 aromatic heterocycles. The summed E-state index contributed by atoms with van der Waals surface area (Å²) in [4.78, 5) is 28.0. The topological polar surface area (TPSA) is 67.3 Å². The molecule has 1 radical (unpaired) electrons. The first kappa shape index (κ1) is 26.2. The number of carbonyl (C=O) groups is 2. The first-order valence-corrected chi connectivity index (χ1v) is 11.1. The van der Waals surface area contributed by atoms with Gasteiger partial charge in [-0.05, 0) is 48.9 Å². The second-order valence-electron chi connectivity index (χ2n) is 8.78. The zero-order valence-electron chi connectivity index (χ0n) is 20.3. The van der Waals surface area contributed by atoms with E-state index in [2.05, 4.69) is 37.3 Å². The molecule has 0 atom stereocenters. The van der Waals surface area contributed by atoms with E-state index < -0.39 is 0 Å². The molecule has 0 saturated carbocycles. The molecule has 0 aliphatic heterocycles. The molecule has 4 aromatic rings. The Balaban J connectivity index is 0.000000378. The van der Waals surface area contributed by atoms with Crippen molar-refractivity contribution >= 4 is 22.3 Å². The Morgan fingerprint density at radius 2 is 1.66 bits per heavy atom. The van der Waals surface area contributed by atoms with E-state index in [-0.39, 0.29) is 37.4 Å². The van der Waals surface area contributed by atoms with Crippen LogP contribution in [0, 0.1) is 26.8 Å². The Hall–Kier alpha value is -3.40. The minimum atomic E-state index is -0.125. The molecule has 35 heavy (non-hydrogen) atoms. The standard InChI is InChI=1S/C25H18NO.C5H8O2.Ir/c1-14-7-8-18-21(12-14)25(27)20-6-4-5-19-23(20)22(18)13-26-24(19)17-10-15(2)9-16(3)11-17;1-4(6)3-5(2)7;/h4-10,12-13H,1-3H3;3,6H,1-2H3;/q-1;;/b;4-3-;. The molecule has 1 heterocycles. The van der Waals surface area contributed by atoms with E-state index in [0.29, 0.717) is 0 Å². The number of aromatic nitrogens is 1. The van der Waals surface area contributed by atoms with Crippen LogP contribution in [0.5, 0.6) is 0 Å². The quantitative estimate of drug-likeness (QED) is 0.130. The predicted octanol–water partition coefficient (Wildman–Crippen LogP) is 6.87. The van der Waals surface area contributed by atoms with Crippen molar-refractivity contribution in [2.24, 2.45) is 0 Å². The van der Waals surface area contributed by atoms with Gasteiger partial charge in [-0.2, -0.15) is 0 Å². The van der Waals surface area contributed by atoms with Crippen LogP contribution < -0.4 is 0 Å². The maximum absolute atomic E-state index is 13.2. The molecule has 5 heteroatoms. The van der Waals surface area contributed by atoms with Gasteiger partial charge in [-0.25, -0.2) is 0 Å². The first-order valence-electron chi connectivity index (χ1n) is 11.1. The number of pyridine rings is 1. The average Bonchev–Trinajstić information content (AvgIpc) is 2.76. The number of ketones is 2. The molecular weight excluding hydrogens is 615 g/mol. The van der Waals surface area contributed by atoms with Gasteiger partial charge in [0.05, 0.1) is 5.76 Å². The molecule has 4 nitrogen and oxygen atoms in total. The van der Waals surface area contributed by atoms with Crippen molar-refractivity contribution in [3.8, 4) is 22.4 Å². The number of allylic oxidation sites excluding steroid dienone is 2. The van der Waals surface area contributed by atoms with E-state index in [1.165, 1.54) is 25.5 Å². The van der Waals surface area contributed by atoms with Crippen LogP contribution in [0.3, 0.4) is 0 Å². The van der Waals surface area contributed by atoms with Gasteiger partial charge in [0, 0.05) is 49.1 Å². The van der Waals surface area contributed by atoms with Crippen molar-refractivity contribution in [3.63, 3.8) is 0 Å². The van der Waals surface area contributed by atoms with Crippen LogP contribution in [-0.2, 0) is 24.9 Å². The Kier molecular flexibility index (Phi) is 7.84. The minimum Gasteiger partial charge on any atom is -0.512 e. The monoisotopic (exact) mass is 641 g/mol. The zero-order valence-corrected chi connectivity index (χ0v) is 22.7. The van der Waals surface area contributed by atoms with Crippen LogP contribution in [0.25, 0.3) is 33.2 Å². The fourth-order valence-electron chi connectivity index (χ4n) is 4.45. The van der Waals surface area contributed by atoms with Gasteiger partial charge >= 0.3 is 0 Å². The summed E-state index contributed by atoms with van der Waals surface area (Å²) in [6, 6.07) is 19.6. The second-order valence-corrected chi connectivity index (χ2v) is 8.78. The van der Waals surface area contributed by atoms with Gasteiger partial charge in [0.1, 0.15) is 0 Å². The van der Waals surface area contributed by atoms with Crippen molar-refractivity contribution in [1.82, 2.24) is 4.98 Å². The number of hydrogen-bond donors (Lipinski definition) is 1. The smallest absolute Gasteiger partial charge is 0.194 e. The normalized spacial score (nSPS) is 11.8. The number of aryl methyl sites for hydroxylation is 3. The molecule has 0 saturated heterocycles. The van der Waals surface area contributed by atoms with Gasteiger partial charge in [-0.15, -0.1) is 34.9 Å². The van der Waals surface area contributed by atoms with E-state index in [4.69, 9.17) is 10.1 Å². The molecule has 1 aliphatic rings. The number of fused-ring (bicyclic) bond motifs is 2. The molecule has 1 N–H and O–H groups in total. The summed E-state index contributed by atoms with van der Waals surface area (Å²) >= 11 is 0. The molecule has 3 aromatic carbocycles. The van der Waals surface area contributed by atoms with Gasteiger partial charge in [-0.1, -0.05) is 49.7 Å². The van der Waals surface area contributed by atoms with Gasteiger partial charge < -0.3 is 10.1 Å². The summed E-state index contributed by atoms with van der Waals surface area (Å²) in [6.07, 6.45) is 3.08. The van der Waals surface area contributed by atoms with Gasteiger partial charge in [0.2, 0.25) is 0 Å². The number of carbonyl (C=O) groups excluding carboxylic acids is 2. The molecule has 1 aliphatic carbocycles. The molecule has 0 spiro atoms. The van der Waals surface area contributed by atoms with Crippen molar-refractivity contribution in [2.75, 3.05) is 0 Å². The predicted molar refractivity (Wildman–Crippen MR) is 136 cm³/mol. The van der Waals surface area contributed by atoms with Crippen LogP contribution in [0.4, 0.5) is 0 Å². The van der Waals surface area contributed by atoms with Crippen molar-refractivity contribution in [2.45, 2.75) is 34.6 Å². The zero-order chi connectivity index (χ0) is 24.6. The van der Waals surface area contributed by atoms with Crippen LogP contribution in [0.15, 0.2) is 66.6 Å². The van der Waals surface area contributed by atoms with E-state index in [9.17, 15) is 9.59 Å². The first-order chi connectivity index (χ1) is 16.2. The molecule has 0 bridgehead atoms. The Morgan fingerprint density at radius 3 is 2.29 bits per heavy atom. The Bertz CT molecular complexity index is 1480. The third kappa shape index (κ3) is 5.32. The number of aliphatic hydroxyl groups excluding tert-OH is 1. The summed E-state index contributed by atoms with van der Waals surface area (Å²) < 4.78 is 0. The van der Waals surface area contributed by atoms with E-state index in [0.717, 1.165) is 55.4 Å². The average molecular weight is 641 g/mol. The van der Waals surface area contributed by atoms with Gasteiger partial charge in [0.25, 0.3) is 0 Å². The summed E-state index contributed by atoms with van der Waals surface area (Å²) in [5, 5.41) is 10.4. The number of rotatable bonds is 2. The van der Waals surface area contributed by atoms with E-state index in [1.54, 1.807) is 0 Å². The SMILES string of the molecule is CC(=O)/C=C(/C)O.Cc1[c-]c(-c2ncc3c4c(cccc24)C(=O)c2cc(C)ccc2-3)cc(C)c1.[Ir]. The molecule has 0 amide bonds. The fourth-order valence-corrected chi connectivity index (χ4v) is 4.45. The number of aliphatic hydroxyl groups is 1. The summed E-state index contributed by atoms with van der Waals surface area (Å²) in [7, 11) is 0. The molecule has 5 rings (SSSR count). The maximum atomic E-state index is 13.2. The van der Waals surface area contributed by atoms with Crippen molar-refractivity contribution in [3.05, 3.63) is 100 Å². The molecular formula is C30H26IrNO3-. The van der Waals surface area contributed by atoms with Crippen molar-refractivity contribution < 1.29 is 34.8 Å². The van der Waals surface area contributed by atoms with E-state index in [1.807, 2.05) is 44.3 Å². The summed E-state index contributed by atoms with van der Waals surface area (Å²) in [5.41, 5.74) is 8.73. The minimum absolute atomic E-state index is 0. The molecule has 179 valence electrons. The van der Waals surface area contributed by atoms with Crippen LogP contribution >= 0.6 is 0 Å². The van der Waals surface area contributed by atoms with E-state index >= 15 is 0 Å². The van der Waals surface area contributed by atoms with Crippen LogP contribution in [0.1, 0.15) is 46.5 Å². The van der Waals surface area contributed by atoms with Crippen molar-refractivity contribution in [1.29, 1.82) is 0 Å². The Morgan fingerprint density at radius 1 is 0.914 bits per heavy atom. The largest absolute Gasteiger partial charge is 0.512 e. The maximum Gasteiger partial charge on any atom is 0.194 e. The summed E-state index contributed by atoms with van der Waals surface area (Å²) in [5.74, 6) is 0.0286. The van der Waals surface area contributed by atoms with Gasteiger partial charge in [0.15, 0.2) is 11.6 Å². The molecule has 0 fully saturated rings. The second kappa shape index (κ2) is 10.5. The Labute approximate surface area is 219 Å².